The predicted octanol–water partition coefficient (Wildman–Crippen LogP) is 3.00. The average molecular weight is 213 g/mol. The molecule has 0 aliphatic rings. The Morgan fingerprint density at radius 2 is 2.07 bits per heavy atom. The Kier molecular flexibility index (Phi) is 9.96. The van der Waals surface area contributed by atoms with E-state index in [2.05, 4.69) is 32.2 Å². The highest BCUT2D eigenvalue weighted by Gasteiger charge is 1.94. The Balaban J connectivity index is 3.33. The van der Waals surface area contributed by atoms with Crippen LogP contribution in [0.5, 0.6) is 0 Å². The summed E-state index contributed by atoms with van der Waals surface area (Å²) in [6, 6.07) is 0. The molecular weight excluding hydrogens is 186 g/mol. The topological polar surface area (TPSA) is 21.3 Å². The van der Waals surface area contributed by atoms with Gasteiger partial charge >= 0.3 is 0 Å². The van der Waals surface area contributed by atoms with Gasteiger partial charge in [-0.05, 0) is 38.6 Å². The molecule has 0 aliphatic heterocycles. The molecule has 0 fully saturated rings. The highest BCUT2D eigenvalue weighted by atomic mass is 16.5. The summed E-state index contributed by atoms with van der Waals surface area (Å²) < 4.78 is 4.96. The van der Waals surface area contributed by atoms with E-state index >= 15 is 0 Å². The van der Waals surface area contributed by atoms with E-state index in [1.165, 1.54) is 18.4 Å². The van der Waals surface area contributed by atoms with E-state index < -0.39 is 0 Å². The van der Waals surface area contributed by atoms with Crippen LogP contribution >= 0.6 is 0 Å². The van der Waals surface area contributed by atoms with Crippen LogP contribution in [0.4, 0.5) is 0 Å². The van der Waals surface area contributed by atoms with Gasteiger partial charge in [0.2, 0.25) is 0 Å². The first-order valence-electron chi connectivity index (χ1n) is 6.02. The van der Waals surface area contributed by atoms with Crippen molar-refractivity contribution in [3.8, 4) is 0 Å². The van der Waals surface area contributed by atoms with Crippen LogP contribution in [-0.4, -0.2) is 26.8 Å². The molecule has 0 saturated carbocycles. The van der Waals surface area contributed by atoms with E-state index in [0.717, 1.165) is 32.0 Å². The maximum Gasteiger partial charge on any atom is 0.0587 e. The maximum atomic E-state index is 4.96. The fourth-order valence-electron chi connectivity index (χ4n) is 1.34. The Morgan fingerprint density at radius 3 is 2.67 bits per heavy atom. The quantitative estimate of drug-likeness (QED) is 0.469. The molecule has 90 valence electrons. The summed E-state index contributed by atoms with van der Waals surface area (Å²) in [5.74, 6) is 0.813. The highest BCUT2D eigenvalue weighted by Crippen LogP contribution is 2.10. The van der Waals surface area contributed by atoms with Gasteiger partial charge in [0.1, 0.15) is 0 Å². The normalized spacial score (nSPS) is 12.5. The van der Waals surface area contributed by atoms with Gasteiger partial charge in [0.15, 0.2) is 0 Å². The Bertz CT molecular complexity index is 164. The molecule has 15 heavy (non-hydrogen) atoms. The van der Waals surface area contributed by atoms with Crippen LogP contribution in [0.1, 0.15) is 40.0 Å². The van der Waals surface area contributed by atoms with Gasteiger partial charge in [-0.3, -0.25) is 0 Å². The Morgan fingerprint density at radius 1 is 1.33 bits per heavy atom. The van der Waals surface area contributed by atoms with Crippen molar-refractivity contribution in [2.75, 3.05) is 26.8 Å². The van der Waals surface area contributed by atoms with E-state index in [1.807, 2.05) is 0 Å². The molecule has 0 bridgehead atoms. The molecule has 0 atom stereocenters. The van der Waals surface area contributed by atoms with Gasteiger partial charge in [-0.25, -0.2) is 0 Å². The molecule has 0 rings (SSSR count). The molecule has 0 unspecified atom stereocenters. The number of ether oxygens (including phenoxy) is 1. The lowest BCUT2D eigenvalue weighted by Crippen LogP contribution is -2.19. The van der Waals surface area contributed by atoms with Crippen LogP contribution in [0.2, 0.25) is 0 Å². The molecule has 0 saturated heterocycles. The van der Waals surface area contributed by atoms with E-state index in [1.54, 1.807) is 7.11 Å². The standard InChI is InChI=1S/C13H27NO/c1-12(2)7-8-13(3)6-5-9-14-10-11-15-4/h6,12,14H,5,7-11H2,1-4H3. The zero-order valence-electron chi connectivity index (χ0n) is 10.8. The van der Waals surface area contributed by atoms with Crippen molar-refractivity contribution in [3.05, 3.63) is 11.6 Å². The molecule has 0 aromatic rings. The number of hydrogen-bond acceptors (Lipinski definition) is 2. The zero-order valence-corrected chi connectivity index (χ0v) is 10.8. The number of methoxy groups -OCH3 is 1. The lowest BCUT2D eigenvalue weighted by atomic mass is 10.0. The molecule has 2 heteroatoms. The van der Waals surface area contributed by atoms with Gasteiger partial charge < -0.3 is 10.1 Å². The third kappa shape index (κ3) is 11.6. The predicted molar refractivity (Wildman–Crippen MR) is 67.2 cm³/mol. The maximum absolute atomic E-state index is 4.96. The molecule has 0 spiro atoms. The van der Waals surface area contributed by atoms with E-state index in [9.17, 15) is 0 Å². The van der Waals surface area contributed by atoms with Crippen molar-refractivity contribution in [2.24, 2.45) is 5.92 Å². The van der Waals surface area contributed by atoms with Crippen molar-refractivity contribution in [3.63, 3.8) is 0 Å². The summed E-state index contributed by atoms with van der Waals surface area (Å²) in [6.07, 6.45) is 6.03. The minimum absolute atomic E-state index is 0.802. The van der Waals surface area contributed by atoms with Crippen molar-refractivity contribution in [1.29, 1.82) is 0 Å². The fraction of sp³-hybridized carbons (Fsp3) is 0.846. The Labute approximate surface area is 95.1 Å². The summed E-state index contributed by atoms with van der Waals surface area (Å²) in [7, 11) is 1.73. The van der Waals surface area contributed by atoms with Gasteiger partial charge in [0, 0.05) is 13.7 Å². The van der Waals surface area contributed by atoms with Crippen LogP contribution in [-0.2, 0) is 4.74 Å². The lowest BCUT2D eigenvalue weighted by Gasteiger charge is -2.05. The van der Waals surface area contributed by atoms with E-state index in [0.29, 0.717) is 0 Å². The highest BCUT2D eigenvalue weighted by molar-refractivity contribution is 4.97. The lowest BCUT2D eigenvalue weighted by molar-refractivity contribution is 0.199. The molecule has 0 aliphatic carbocycles. The summed E-state index contributed by atoms with van der Waals surface area (Å²) >= 11 is 0. The molecule has 0 amide bonds. The van der Waals surface area contributed by atoms with Gasteiger partial charge in [0.25, 0.3) is 0 Å². The van der Waals surface area contributed by atoms with Crippen LogP contribution in [0.15, 0.2) is 11.6 Å². The van der Waals surface area contributed by atoms with Crippen molar-refractivity contribution >= 4 is 0 Å². The van der Waals surface area contributed by atoms with Crippen molar-refractivity contribution < 1.29 is 4.74 Å². The zero-order chi connectivity index (χ0) is 11.5. The number of nitrogens with one attached hydrogen (secondary N) is 1. The van der Waals surface area contributed by atoms with Gasteiger partial charge in [0.05, 0.1) is 6.61 Å². The third-order valence-corrected chi connectivity index (χ3v) is 2.41. The molecule has 0 aromatic carbocycles. The summed E-state index contributed by atoms with van der Waals surface area (Å²) in [5, 5.41) is 3.34. The molecule has 0 aromatic heterocycles. The van der Waals surface area contributed by atoms with Gasteiger partial charge in [-0.1, -0.05) is 25.5 Å². The van der Waals surface area contributed by atoms with Crippen molar-refractivity contribution in [1.82, 2.24) is 5.32 Å². The smallest absolute Gasteiger partial charge is 0.0587 e. The first-order valence-corrected chi connectivity index (χ1v) is 6.02. The second-order valence-electron chi connectivity index (χ2n) is 4.51. The summed E-state index contributed by atoms with van der Waals surface area (Å²) in [5.41, 5.74) is 1.53. The second kappa shape index (κ2) is 10.2. The second-order valence-corrected chi connectivity index (χ2v) is 4.51. The minimum Gasteiger partial charge on any atom is -0.383 e. The fourth-order valence-corrected chi connectivity index (χ4v) is 1.34. The SMILES string of the molecule is COCCNCCC=C(C)CCC(C)C. The molecular formula is C13H27NO. The number of allylic oxidation sites excluding steroid dienone is 1. The molecule has 0 heterocycles. The van der Waals surface area contributed by atoms with E-state index in [-0.39, 0.29) is 0 Å². The van der Waals surface area contributed by atoms with Crippen molar-refractivity contribution in [2.45, 2.75) is 40.0 Å². The number of rotatable bonds is 9. The third-order valence-electron chi connectivity index (χ3n) is 2.41. The first-order chi connectivity index (χ1) is 7.16. The van der Waals surface area contributed by atoms with Crippen LogP contribution < -0.4 is 5.32 Å². The molecule has 1 N–H and O–H groups in total. The Hall–Kier alpha value is -0.340. The van der Waals surface area contributed by atoms with Crippen LogP contribution in [0.25, 0.3) is 0 Å². The molecule has 2 nitrogen and oxygen atoms in total. The summed E-state index contributed by atoms with van der Waals surface area (Å²) in [4.78, 5) is 0. The largest absolute Gasteiger partial charge is 0.383 e. The molecule has 0 radical (unpaired) electrons. The van der Waals surface area contributed by atoms with Crippen LogP contribution in [0, 0.1) is 5.92 Å². The van der Waals surface area contributed by atoms with Gasteiger partial charge in [-0.15, -0.1) is 0 Å². The first kappa shape index (κ1) is 14.7. The average Bonchev–Trinajstić information content (AvgIpc) is 2.20. The minimum atomic E-state index is 0.802. The van der Waals surface area contributed by atoms with Crippen LogP contribution in [0.3, 0.4) is 0 Å². The van der Waals surface area contributed by atoms with Gasteiger partial charge in [-0.2, -0.15) is 0 Å². The monoisotopic (exact) mass is 213 g/mol. The summed E-state index contributed by atoms with van der Waals surface area (Å²) in [6.45, 7) is 9.60. The van der Waals surface area contributed by atoms with E-state index in [4.69, 9.17) is 4.74 Å². The number of hydrogen-bond donors (Lipinski definition) is 1.